The van der Waals surface area contributed by atoms with Crippen LogP contribution in [0.4, 0.5) is 5.69 Å². The van der Waals surface area contributed by atoms with E-state index in [1.165, 1.54) is 0 Å². The number of carbonyl (C=O) groups excluding carboxylic acids is 1. The van der Waals surface area contributed by atoms with E-state index in [0.717, 1.165) is 16.6 Å². The number of H-pyrrole nitrogens is 1. The molecule has 1 amide bonds. The molecule has 0 saturated heterocycles. The predicted molar refractivity (Wildman–Crippen MR) is 68.8 cm³/mol. The Labute approximate surface area is 103 Å². The number of anilines is 1. The quantitative estimate of drug-likeness (QED) is 0.755. The molecular formula is C13H13N3O2. The molecule has 0 spiro atoms. The second-order valence-corrected chi connectivity index (χ2v) is 5.14. The van der Waals surface area contributed by atoms with Crippen molar-refractivity contribution >= 4 is 22.4 Å². The molecule has 0 radical (unpaired) electrons. The Morgan fingerprint density at radius 2 is 2.00 bits per heavy atom. The molecule has 18 heavy (non-hydrogen) atoms. The van der Waals surface area contributed by atoms with Crippen molar-refractivity contribution in [3.8, 4) is 0 Å². The monoisotopic (exact) mass is 243 g/mol. The highest BCUT2D eigenvalue weighted by atomic mass is 16.2. The molecule has 2 heterocycles. The van der Waals surface area contributed by atoms with E-state index in [1.807, 2.05) is 19.9 Å². The number of hydrogen-bond acceptors (Lipinski definition) is 3. The fraction of sp³-hybridized carbons (Fsp3) is 0.308. The summed E-state index contributed by atoms with van der Waals surface area (Å²) in [5.41, 5.74) is 0.950. The van der Waals surface area contributed by atoms with E-state index in [4.69, 9.17) is 0 Å². The van der Waals surface area contributed by atoms with Crippen LogP contribution in [-0.4, -0.2) is 23.2 Å². The predicted octanol–water partition coefficient (Wildman–Crippen LogP) is 1.18. The maximum atomic E-state index is 12.2. The van der Waals surface area contributed by atoms with Crippen LogP contribution < -0.4 is 10.5 Å². The second kappa shape index (κ2) is 3.19. The summed E-state index contributed by atoms with van der Waals surface area (Å²) in [5.74, 6) is 0.0391. The molecular weight excluding hydrogens is 230 g/mol. The molecule has 2 aromatic rings. The number of hydrogen-bond donors (Lipinski definition) is 1. The van der Waals surface area contributed by atoms with Crippen LogP contribution in [0.3, 0.4) is 0 Å². The van der Waals surface area contributed by atoms with Crippen molar-refractivity contribution in [2.24, 2.45) is 0 Å². The summed E-state index contributed by atoms with van der Waals surface area (Å²) in [6.07, 6.45) is 1.61. The van der Waals surface area contributed by atoms with Gasteiger partial charge in [0.25, 0.3) is 5.56 Å². The van der Waals surface area contributed by atoms with Crippen molar-refractivity contribution in [3.05, 3.63) is 34.2 Å². The Balaban J connectivity index is 2.44. The number of fused-ring (bicyclic) bond motifs is 2. The van der Waals surface area contributed by atoms with Crippen LogP contribution in [-0.2, 0) is 10.2 Å². The number of carbonyl (C=O) groups is 1. The molecule has 1 aliphatic rings. The number of aromatic amines is 1. The first kappa shape index (κ1) is 11.0. The van der Waals surface area contributed by atoms with E-state index in [2.05, 4.69) is 10.2 Å². The van der Waals surface area contributed by atoms with E-state index < -0.39 is 5.41 Å². The minimum atomic E-state index is -0.555. The van der Waals surface area contributed by atoms with Crippen LogP contribution in [0, 0.1) is 0 Å². The number of aromatic nitrogens is 2. The van der Waals surface area contributed by atoms with E-state index >= 15 is 0 Å². The third-order valence-corrected chi connectivity index (χ3v) is 3.66. The zero-order valence-corrected chi connectivity index (χ0v) is 10.4. The fourth-order valence-corrected chi connectivity index (χ4v) is 2.55. The lowest BCUT2D eigenvalue weighted by Gasteiger charge is -2.16. The number of nitrogens with one attached hydrogen (secondary N) is 1. The van der Waals surface area contributed by atoms with Gasteiger partial charge < -0.3 is 4.90 Å². The highest BCUT2D eigenvalue weighted by molar-refractivity contribution is 6.09. The Morgan fingerprint density at radius 3 is 2.72 bits per heavy atom. The molecule has 0 fully saturated rings. The van der Waals surface area contributed by atoms with Crippen LogP contribution >= 0.6 is 0 Å². The molecule has 5 heteroatoms. The molecule has 1 aromatic carbocycles. The van der Waals surface area contributed by atoms with Gasteiger partial charge in [0.1, 0.15) is 0 Å². The van der Waals surface area contributed by atoms with Crippen LogP contribution in [0.1, 0.15) is 19.4 Å². The van der Waals surface area contributed by atoms with Crippen LogP contribution in [0.25, 0.3) is 10.8 Å². The van der Waals surface area contributed by atoms with Crippen molar-refractivity contribution in [2.75, 3.05) is 11.9 Å². The number of amides is 1. The average molecular weight is 243 g/mol. The molecule has 0 atom stereocenters. The first-order chi connectivity index (χ1) is 8.43. The van der Waals surface area contributed by atoms with Crippen molar-refractivity contribution in [2.45, 2.75) is 19.3 Å². The summed E-state index contributed by atoms with van der Waals surface area (Å²) in [4.78, 5) is 25.5. The topological polar surface area (TPSA) is 66.1 Å². The minimum absolute atomic E-state index is 0.0391. The lowest BCUT2D eigenvalue weighted by atomic mass is 9.85. The van der Waals surface area contributed by atoms with Gasteiger partial charge in [-0.1, -0.05) is 0 Å². The summed E-state index contributed by atoms with van der Waals surface area (Å²) in [5, 5.41) is 7.51. The van der Waals surface area contributed by atoms with Gasteiger partial charge in [-0.3, -0.25) is 9.59 Å². The highest BCUT2D eigenvalue weighted by Crippen LogP contribution is 2.41. The molecule has 0 saturated carbocycles. The third kappa shape index (κ3) is 1.19. The van der Waals surface area contributed by atoms with Crippen LogP contribution in [0.5, 0.6) is 0 Å². The Bertz CT molecular complexity index is 731. The van der Waals surface area contributed by atoms with Gasteiger partial charge in [0.05, 0.1) is 17.0 Å². The molecule has 1 aliphatic heterocycles. The van der Waals surface area contributed by atoms with E-state index in [1.54, 1.807) is 24.2 Å². The largest absolute Gasteiger partial charge is 0.314 e. The Morgan fingerprint density at radius 1 is 1.28 bits per heavy atom. The van der Waals surface area contributed by atoms with E-state index in [-0.39, 0.29) is 11.5 Å². The van der Waals surface area contributed by atoms with Crippen molar-refractivity contribution in [1.82, 2.24) is 10.2 Å². The summed E-state index contributed by atoms with van der Waals surface area (Å²) < 4.78 is 0. The number of likely N-dealkylation sites (N-methyl/N-ethyl adjacent to an activating group) is 1. The Kier molecular flexibility index (Phi) is 1.94. The molecule has 0 unspecified atom stereocenters. The summed E-state index contributed by atoms with van der Waals surface area (Å²) >= 11 is 0. The normalized spacial score (nSPS) is 17.3. The second-order valence-electron chi connectivity index (χ2n) is 5.14. The first-order valence-electron chi connectivity index (χ1n) is 5.73. The van der Waals surface area contributed by atoms with Gasteiger partial charge in [-0.25, -0.2) is 5.10 Å². The smallest absolute Gasteiger partial charge is 0.272 e. The zero-order chi connectivity index (χ0) is 13.1. The van der Waals surface area contributed by atoms with Gasteiger partial charge in [0.15, 0.2) is 0 Å². The molecule has 0 bridgehead atoms. The standard InChI is InChI=1S/C13H13N3O2/c1-13(2)9-4-7-6-14-15-11(17)8(7)5-10(9)16(3)12(13)18/h4-6H,1-3H3,(H,15,17). The molecule has 1 N–H and O–H groups in total. The van der Waals surface area contributed by atoms with Gasteiger partial charge in [-0.2, -0.15) is 5.10 Å². The molecule has 5 nitrogen and oxygen atoms in total. The molecule has 1 aromatic heterocycles. The number of nitrogens with zero attached hydrogens (tertiary/aromatic N) is 2. The lowest BCUT2D eigenvalue weighted by molar-refractivity contribution is -0.121. The average Bonchev–Trinajstić information content (AvgIpc) is 2.50. The SMILES string of the molecule is CN1C(=O)C(C)(C)c2cc3cn[nH]c(=O)c3cc21. The maximum Gasteiger partial charge on any atom is 0.272 e. The van der Waals surface area contributed by atoms with Gasteiger partial charge >= 0.3 is 0 Å². The maximum absolute atomic E-state index is 12.2. The van der Waals surface area contributed by atoms with Crippen molar-refractivity contribution < 1.29 is 4.79 Å². The first-order valence-corrected chi connectivity index (χ1v) is 5.73. The summed E-state index contributed by atoms with van der Waals surface area (Å²) in [6.45, 7) is 3.79. The Hall–Kier alpha value is -2.17. The zero-order valence-electron chi connectivity index (χ0n) is 10.4. The number of rotatable bonds is 0. The van der Waals surface area contributed by atoms with Crippen LogP contribution in [0.2, 0.25) is 0 Å². The van der Waals surface area contributed by atoms with Gasteiger partial charge in [-0.15, -0.1) is 0 Å². The summed E-state index contributed by atoms with van der Waals surface area (Å²) in [6, 6.07) is 3.64. The van der Waals surface area contributed by atoms with E-state index in [9.17, 15) is 9.59 Å². The molecule has 92 valence electrons. The van der Waals surface area contributed by atoms with Crippen molar-refractivity contribution in [3.63, 3.8) is 0 Å². The third-order valence-electron chi connectivity index (χ3n) is 3.66. The van der Waals surface area contributed by atoms with E-state index in [0.29, 0.717) is 5.39 Å². The molecule has 0 aliphatic carbocycles. The lowest BCUT2D eigenvalue weighted by Crippen LogP contribution is -2.33. The van der Waals surface area contributed by atoms with Gasteiger partial charge in [-0.05, 0) is 31.5 Å². The van der Waals surface area contributed by atoms with Gasteiger partial charge in [0.2, 0.25) is 5.91 Å². The highest BCUT2D eigenvalue weighted by Gasteiger charge is 2.42. The molecule has 3 rings (SSSR count). The van der Waals surface area contributed by atoms with Crippen LogP contribution in [0.15, 0.2) is 23.1 Å². The van der Waals surface area contributed by atoms with Gasteiger partial charge in [0, 0.05) is 18.1 Å². The fourth-order valence-electron chi connectivity index (χ4n) is 2.55. The summed E-state index contributed by atoms with van der Waals surface area (Å²) in [7, 11) is 1.73. The number of benzene rings is 1. The minimum Gasteiger partial charge on any atom is -0.314 e. The van der Waals surface area contributed by atoms with Crippen molar-refractivity contribution in [1.29, 1.82) is 0 Å².